The molecule has 1 rings (SSSR count). The van der Waals surface area contributed by atoms with Gasteiger partial charge in [0.15, 0.2) is 0 Å². The predicted octanol–water partition coefficient (Wildman–Crippen LogP) is 2.52. The van der Waals surface area contributed by atoms with Crippen LogP contribution in [0.5, 0.6) is 5.88 Å². The summed E-state index contributed by atoms with van der Waals surface area (Å²) in [7, 11) is 1.60. The molecule has 1 heterocycles. The van der Waals surface area contributed by atoms with E-state index in [4.69, 9.17) is 16.3 Å². The van der Waals surface area contributed by atoms with E-state index in [2.05, 4.69) is 17.2 Å². The summed E-state index contributed by atoms with van der Waals surface area (Å²) in [5.41, 5.74) is 0.990. The lowest BCUT2D eigenvalue weighted by Crippen LogP contribution is -2.19. The number of halogens is 1. The second-order valence-corrected chi connectivity index (χ2v) is 3.30. The van der Waals surface area contributed by atoms with Crippen LogP contribution in [0.15, 0.2) is 18.3 Å². The number of rotatable bonds is 5. The van der Waals surface area contributed by atoms with E-state index in [0.29, 0.717) is 17.8 Å². The minimum atomic E-state index is 0.295. The zero-order chi connectivity index (χ0) is 10.4. The van der Waals surface area contributed by atoms with Gasteiger partial charge in [-0.3, -0.25) is 0 Å². The van der Waals surface area contributed by atoms with E-state index >= 15 is 0 Å². The van der Waals surface area contributed by atoms with Crippen molar-refractivity contribution in [3.05, 3.63) is 18.3 Å². The number of anilines is 1. The van der Waals surface area contributed by atoms with Crippen LogP contribution in [0.3, 0.4) is 0 Å². The van der Waals surface area contributed by atoms with Crippen molar-refractivity contribution in [2.75, 3.05) is 18.3 Å². The molecule has 0 aliphatic heterocycles. The highest BCUT2D eigenvalue weighted by Gasteiger charge is 2.04. The molecule has 0 radical (unpaired) electrons. The van der Waals surface area contributed by atoms with Crippen LogP contribution in [-0.2, 0) is 0 Å². The summed E-state index contributed by atoms with van der Waals surface area (Å²) in [4.78, 5) is 4.02. The van der Waals surface area contributed by atoms with Crippen LogP contribution < -0.4 is 10.1 Å². The van der Waals surface area contributed by atoms with E-state index in [1.807, 2.05) is 12.1 Å². The van der Waals surface area contributed by atoms with Crippen molar-refractivity contribution < 1.29 is 4.74 Å². The molecule has 78 valence electrons. The van der Waals surface area contributed by atoms with E-state index in [1.165, 1.54) is 0 Å². The molecule has 0 spiro atoms. The lowest BCUT2D eigenvalue weighted by molar-refractivity contribution is 0.398. The van der Waals surface area contributed by atoms with Crippen molar-refractivity contribution in [3.8, 4) is 5.88 Å². The van der Waals surface area contributed by atoms with Gasteiger partial charge in [-0.25, -0.2) is 4.98 Å². The molecule has 0 fully saturated rings. The van der Waals surface area contributed by atoms with Crippen molar-refractivity contribution >= 4 is 17.3 Å². The monoisotopic (exact) mass is 214 g/mol. The number of nitrogens with one attached hydrogen (secondary N) is 1. The van der Waals surface area contributed by atoms with E-state index < -0.39 is 0 Å². The lowest BCUT2D eigenvalue weighted by atomic mass is 10.2. The zero-order valence-electron chi connectivity index (χ0n) is 8.46. The maximum absolute atomic E-state index is 5.78. The van der Waals surface area contributed by atoms with Crippen LogP contribution in [0.2, 0.25) is 0 Å². The second-order valence-electron chi connectivity index (χ2n) is 2.99. The minimum Gasteiger partial charge on any atom is -0.481 e. The third kappa shape index (κ3) is 3.07. The first kappa shape index (κ1) is 11.1. The molecule has 1 atom stereocenters. The molecule has 0 aliphatic carbocycles. The first-order chi connectivity index (χ1) is 6.80. The molecule has 1 N–H and O–H groups in total. The molecule has 0 saturated carbocycles. The van der Waals surface area contributed by atoms with E-state index in [0.717, 1.165) is 12.1 Å². The van der Waals surface area contributed by atoms with E-state index in [-0.39, 0.29) is 0 Å². The summed E-state index contributed by atoms with van der Waals surface area (Å²) in [5, 5.41) is 3.30. The van der Waals surface area contributed by atoms with Gasteiger partial charge >= 0.3 is 0 Å². The maximum atomic E-state index is 5.78. The highest BCUT2D eigenvalue weighted by Crippen LogP contribution is 2.15. The molecular formula is C10H15ClN2O. The predicted molar refractivity (Wildman–Crippen MR) is 59.2 cm³/mol. The van der Waals surface area contributed by atoms with Crippen molar-refractivity contribution in [1.82, 2.24) is 4.98 Å². The molecular weight excluding hydrogens is 200 g/mol. The number of pyridine rings is 1. The van der Waals surface area contributed by atoms with Crippen LogP contribution in [0.4, 0.5) is 5.69 Å². The molecule has 3 nitrogen and oxygen atoms in total. The van der Waals surface area contributed by atoms with Crippen LogP contribution in [0.1, 0.15) is 13.3 Å². The number of alkyl halides is 1. The molecule has 0 aromatic carbocycles. The Balaban J connectivity index is 2.65. The molecule has 1 aromatic heterocycles. The van der Waals surface area contributed by atoms with Gasteiger partial charge in [0.2, 0.25) is 5.88 Å². The first-order valence-corrected chi connectivity index (χ1v) is 5.16. The Kier molecular flexibility index (Phi) is 4.53. The van der Waals surface area contributed by atoms with Gasteiger partial charge < -0.3 is 10.1 Å². The van der Waals surface area contributed by atoms with Crippen molar-refractivity contribution in [1.29, 1.82) is 0 Å². The number of nitrogens with zero attached hydrogens (tertiary/aromatic N) is 1. The first-order valence-electron chi connectivity index (χ1n) is 4.62. The Bertz CT molecular complexity index is 277. The standard InChI is InChI=1S/C10H15ClN2O/c1-3-8(7-11)13-9-4-5-12-10(6-9)14-2/h4-6,8H,3,7H2,1-2H3,(H,12,13). The van der Waals surface area contributed by atoms with Crippen molar-refractivity contribution in [2.24, 2.45) is 0 Å². The van der Waals surface area contributed by atoms with Crippen LogP contribution in [0.25, 0.3) is 0 Å². The zero-order valence-corrected chi connectivity index (χ0v) is 9.21. The third-order valence-electron chi connectivity index (χ3n) is 1.99. The fraction of sp³-hybridized carbons (Fsp3) is 0.500. The van der Waals surface area contributed by atoms with Gasteiger partial charge in [-0.05, 0) is 12.5 Å². The fourth-order valence-corrected chi connectivity index (χ4v) is 1.39. The van der Waals surface area contributed by atoms with Gasteiger partial charge in [0.05, 0.1) is 7.11 Å². The summed E-state index contributed by atoms with van der Waals surface area (Å²) >= 11 is 5.78. The highest BCUT2D eigenvalue weighted by molar-refractivity contribution is 6.18. The van der Waals surface area contributed by atoms with Crippen molar-refractivity contribution in [2.45, 2.75) is 19.4 Å². The normalized spacial score (nSPS) is 12.2. The van der Waals surface area contributed by atoms with Gasteiger partial charge in [0.25, 0.3) is 0 Å². The quantitative estimate of drug-likeness (QED) is 0.765. The number of hydrogen-bond acceptors (Lipinski definition) is 3. The van der Waals surface area contributed by atoms with Gasteiger partial charge in [-0.1, -0.05) is 6.92 Å². The average Bonchev–Trinajstić information content (AvgIpc) is 2.26. The molecule has 0 saturated heterocycles. The largest absolute Gasteiger partial charge is 0.481 e. The Morgan fingerprint density at radius 3 is 3.00 bits per heavy atom. The molecule has 1 aromatic rings. The smallest absolute Gasteiger partial charge is 0.214 e. The van der Waals surface area contributed by atoms with Gasteiger partial charge in [0, 0.05) is 29.9 Å². The van der Waals surface area contributed by atoms with Crippen LogP contribution in [-0.4, -0.2) is 24.0 Å². The van der Waals surface area contributed by atoms with E-state index in [9.17, 15) is 0 Å². The molecule has 0 bridgehead atoms. The molecule has 14 heavy (non-hydrogen) atoms. The number of hydrogen-bond donors (Lipinski definition) is 1. The van der Waals surface area contributed by atoms with Crippen LogP contribution >= 0.6 is 11.6 Å². The summed E-state index contributed by atoms with van der Waals surface area (Å²) in [6.45, 7) is 2.10. The average molecular weight is 215 g/mol. The Hall–Kier alpha value is -0.960. The summed E-state index contributed by atoms with van der Waals surface area (Å²) < 4.78 is 5.02. The number of aromatic nitrogens is 1. The highest BCUT2D eigenvalue weighted by atomic mass is 35.5. The summed E-state index contributed by atoms with van der Waals surface area (Å²) in [6.07, 6.45) is 2.70. The summed E-state index contributed by atoms with van der Waals surface area (Å²) in [5.74, 6) is 1.21. The second kappa shape index (κ2) is 5.70. The Morgan fingerprint density at radius 1 is 1.64 bits per heavy atom. The molecule has 4 heteroatoms. The maximum Gasteiger partial charge on any atom is 0.214 e. The Morgan fingerprint density at radius 2 is 2.43 bits per heavy atom. The topological polar surface area (TPSA) is 34.2 Å². The fourth-order valence-electron chi connectivity index (χ4n) is 1.10. The lowest BCUT2D eigenvalue weighted by Gasteiger charge is -2.15. The van der Waals surface area contributed by atoms with Gasteiger partial charge in [0.1, 0.15) is 0 Å². The molecule has 1 unspecified atom stereocenters. The van der Waals surface area contributed by atoms with E-state index in [1.54, 1.807) is 13.3 Å². The third-order valence-corrected chi connectivity index (χ3v) is 2.37. The van der Waals surface area contributed by atoms with Gasteiger partial charge in [-0.15, -0.1) is 11.6 Å². The van der Waals surface area contributed by atoms with Crippen molar-refractivity contribution in [3.63, 3.8) is 0 Å². The minimum absolute atomic E-state index is 0.295. The van der Waals surface area contributed by atoms with Gasteiger partial charge in [-0.2, -0.15) is 0 Å². The Labute approximate surface area is 89.4 Å². The summed E-state index contributed by atoms with van der Waals surface area (Å²) in [6, 6.07) is 4.05. The number of ether oxygens (including phenoxy) is 1. The molecule has 0 amide bonds. The SMILES string of the molecule is CCC(CCl)Nc1ccnc(OC)c1. The van der Waals surface area contributed by atoms with Crippen LogP contribution in [0, 0.1) is 0 Å². The number of methoxy groups -OCH3 is 1. The molecule has 0 aliphatic rings.